The highest BCUT2D eigenvalue weighted by Crippen LogP contribution is 2.32. The van der Waals surface area contributed by atoms with E-state index in [0.29, 0.717) is 17.9 Å². The fraction of sp³-hybridized carbons (Fsp3) is 0.300. The number of fused-ring (bicyclic) bond motifs is 4. The van der Waals surface area contributed by atoms with E-state index in [-0.39, 0.29) is 0 Å². The quantitative estimate of drug-likeness (QED) is 0.370. The maximum absolute atomic E-state index is 6.30. The zero-order chi connectivity index (χ0) is 25.4. The largest absolute Gasteiger partial charge is 0.383 e. The SMILES string of the molecule is C/C=C\C(=C/C)c1ccc2nc(-c3cccnc3N)n(-c3ccc(CN4CC5CCC4CN5)cc3)c2n1. The number of nitrogens with zero attached hydrogens (tertiary/aromatic N) is 5. The van der Waals surface area contributed by atoms with Crippen LogP contribution in [0.4, 0.5) is 5.82 Å². The maximum Gasteiger partial charge on any atom is 0.165 e. The van der Waals surface area contributed by atoms with Gasteiger partial charge in [0.15, 0.2) is 11.5 Å². The molecule has 3 aliphatic rings. The highest BCUT2D eigenvalue weighted by Gasteiger charge is 2.33. The van der Waals surface area contributed by atoms with Gasteiger partial charge in [0, 0.05) is 43.6 Å². The van der Waals surface area contributed by atoms with Crippen LogP contribution in [0.1, 0.15) is 37.9 Å². The van der Waals surface area contributed by atoms with Crippen LogP contribution in [0.15, 0.2) is 73.0 Å². The van der Waals surface area contributed by atoms with E-state index in [2.05, 4.69) is 56.2 Å². The molecule has 3 aliphatic heterocycles. The molecule has 3 saturated heterocycles. The van der Waals surface area contributed by atoms with Crippen molar-refractivity contribution in [1.82, 2.24) is 29.7 Å². The summed E-state index contributed by atoms with van der Waals surface area (Å²) in [6.45, 7) is 7.27. The first-order valence-corrected chi connectivity index (χ1v) is 13.1. The molecule has 0 spiro atoms. The van der Waals surface area contributed by atoms with Gasteiger partial charge in [-0.25, -0.2) is 15.0 Å². The first-order valence-electron chi connectivity index (χ1n) is 13.1. The summed E-state index contributed by atoms with van der Waals surface area (Å²) in [6.07, 6.45) is 10.5. The maximum atomic E-state index is 6.30. The Morgan fingerprint density at radius 2 is 1.95 bits per heavy atom. The van der Waals surface area contributed by atoms with E-state index in [0.717, 1.165) is 59.1 Å². The van der Waals surface area contributed by atoms with Crippen LogP contribution < -0.4 is 11.1 Å². The molecule has 7 heteroatoms. The number of hydrogen-bond donors (Lipinski definition) is 2. The van der Waals surface area contributed by atoms with E-state index in [1.54, 1.807) is 6.20 Å². The number of anilines is 1. The summed E-state index contributed by atoms with van der Waals surface area (Å²) < 4.78 is 2.10. The van der Waals surface area contributed by atoms with Crippen molar-refractivity contribution in [2.45, 2.75) is 45.3 Å². The molecule has 2 atom stereocenters. The average molecular weight is 492 g/mol. The number of piperidine rings is 2. The third-order valence-electron chi connectivity index (χ3n) is 7.58. The molecule has 3 aromatic heterocycles. The highest BCUT2D eigenvalue weighted by molar-refractivity contribution is 5.85. The Balaban J connectivity index is 1.43. The van der Waals surface area contributed by atoms with Gasteiger partial charge in [-0.2, -0.15) is 0 Å². The van der Waals surface area contributed by atoms with Crippen LogP contribution >= 0.6 is 0 Å². The number of benzene rings is 1. The molecule has 7 rings (SSSR count). The summed E-state index contributed by atoms with van der Waals surface area (Å²) in [6, 6.07) is 18.0. The van der Waals surface area contributed by atoms with Crippen molar-refractivity contribution in [3.8, 4) is 17.1 Å². The van der Waals surface area contributed by atoms with Gasteiger partial charge in [-0.1, -0.05) is 30.4 Å². The van der Waals surface area contributed by atoms with Crippen LogP contribution in [0.3, 0.4) is 0 Å². The summed E-state index contributed by atoms with van der Waals surface area (Å²) in [5, 5.41) is 3.65. The average Bonchev–Trinajstić information content (AvgIpc) is 3.31. The number of nitrogens with two attached hydrogens (primary N) is 1. The van der Waals surface area contributed by atoms with Crippen molar-refractivity contribution >= 4 is 22.6 Å². The monoisotopic (exact) mass is 491 g/mol. The molecule has 1 aromatic carbocycles. The van der Waals surface area contributed by atoms with Crippen LogP contribution in [0.25, 0.3) is 33.8 Å². The molecule has 3 fully saturated rings. The van der Waals surface area contributed by atoms with Gasteiger partial charge in [0.1, 0.15) is 11.3 Å². The Morgan fingerprint density at radius 3 is 2.62 bits per heavy atom. The van der Waals surface area contributed by atoms with E-state index < -0.39 is 0 Å². The lowest BCUT2D eigenvalue weighted by Crippen LogP contribution is -2.60. The van der Waals surface area contributed by atoms with Crippen molar-refractivity contribution in [2.24, 2.45) is 0 Å². The summed E-state index contributed by atoms with van der Waals surface area (Å²) >= 11 is 0. The Kier molecular flexibility index (Phi) is 6.32. The summed E-state index contributed by atoms with van der Waals surface area (Å²) in [5.41, 5.74) is 13.0. The zero-order valence-corrected chi connectivity index (χ0v) is 21.4. The fourth-order valence-corrected chi connectivity index (χ4v) is 5.64. The summed E-state index contributed by atoms with van der Waals surface area (Å²) in [7, 11) is 0. The number of nitrogen functional groups attached to an aromatic ring is 1. The molecule has 2 unspecified atom stereocenters. The van der Waals surface area contributed by atoms with Crippen molar-refractivity contribution in [3.05, 3.63) is 84.2 Å². The predicted molar refractivity (Wildman–Crippen MR) is 150 cm³/mol. The number of hydrogen-bond acceptors (Lipinski definition) is 6. The Morgan fingerprint density at radius 1 is 1.08 bits per heavy atom. The van der Waals surface area contributed by atoms with E-state index >= 15 is 0 Å². The van der Waals surface area contributed by atoms with E-state index in [1.165, 1.54) is 18.4 Å². The third kappa shape index (κ3) is 4.45. The molecule has 6 heterocycles. The summed E-state index contributed by atoms with van der Waals surface area (Å²) in [4.78, 5) is 17.0. The van der Waals surface area contributed by atoms with Crippen LogP contribution in [-0.2, 0) is 6.54 Å². The van der Waals surface area contributed by atoms with E-state index in [1.807, 2.05) is 44.2 Å². The van der Waals surface area contributed by atoms with Crippen LogP contribution in [-0.4, -0.2) is 49.6 Å². The number of aromatic nitrogens is 4. The molecule has 0 radical (unpaired) electrons. The molecule has 37 heavy (non-hydrogen) atoms. The van der Waals surface area contributed by atoms with Gasteiger partial charge in [0.05, 0.1) is 11.3 Å². The lowest BCUT2D eigenvalue weighted by atomic mass is 9.92. The van der Waals surface area contributed by atoms with Gasteiger partial charge >= 0.3 is 0 Å². The minimum absolute atomic E-state index is 0.452. The van der Waals surface area contributed by atoms with Crippen LogP contribution in [0, 0.1) is 0 Å². The standard InChI is InChI=1S/C30H33N7/c1-3-6-21(4-2)26-14-15-27-30(34-26)37(29(35-27)25-7-5-16-32-28(25)31)23-11-8-20(9-12-23)18-36-19-22-10-13-24(36)17-33-22/h3-9,11-12,14-16,22,24,33H,10,13,17-19H2,1-2H3,(H2,31,32)/b6-3-,21-4+. The second kappa shape index (κ2) is 9.92. The van der Waals surface area contributed by atoms with Gasteiger partial charge in [-0.05, 0) is 74.2 Å². The van der Waals surface area contributed by atoms with Gasteiger partial charge in [-0.15, -0.1) is 0 Å². The molecular formula is C30H33N7. The first-order chi connectivity index (χ1) is 18.1. The molecule has 0 aliphatic carbocycles. The number of imidazole rings is 1. The number of pyridine rings is 2. The van der Waals surface area contributed by atoms with Gasteiger partial charge in [0.25, 0.3) is 0 Å². The Labute approximate surface area is 217 Å². The minimum Gasteiger partial charge on any atom is -0.383 e. The van der Waals surface area contributed by atoms with E-state index in [4.69, 9.17) is 15.7 Å². The second-order valence-electron chi connectivity index (χ2n) is 9.92. The molecule has 188 valence electrons. The Hall–Kier alpha value is -3.81. The second-order valence-corrected chi connectivity index (χ2v) is 9.92. The van der Waals surface area contributed by atoms with Gasteiger partial charge in [-0.3, -0.25) is 9.47 Å². The van der Waals surface area contributed by atoms with Crippen molar-refractivity contribution < 1.29 is 0 Å². The Bertz CT molecular complexity index is 1470. The minimum atomic E-state index is 0.452. The predicted octanol–water partition coefficient (Wildman–Crippen LogP) is 4.98. The highest BCUT2D eigenvalue weighted by atomic mass is 15.2. The molecule has 4 aromatic rings. The third-order valence-corrected chi connectivity index (χ3v) is 7.58. The molecule has 3 N–H and O–H groups in total. The van der Waals surface area contributed by atoms with E-state index in [9.17, 15) is 0 Å². The topological polar surface area (TPSA) is 84.9 Å². The van der Waals surface area contributed by atoms with Crippen LogP contribution in [0.2, 0.25) is 0 Å². The lowest BCUT2D eigenvalue weighted by molar-refractivity contribution is 0.0685. The molecule has 2 bridgehead atoms. The molecule has 0 amide bonds. The normalized spacial score (nSPS) is 20.3. The number of nitrogens with one attached hydrogen (secondary N) is 1. The number of piperazine rings is 1. The lowest BCUT2D eigenvalue weighted by Gasteiger charge is -2.46. The number of rotatable bonds is 6. The van der Waals surface area contributed by atoms with Crippen LogP contribution in [0.5, 0.6) is 0 Å². The van der Waals surface area contributed by atoms with Crippen molar-refractivity contribution in [2.75, 3.05) is 18.8 Å². The number of allylic oxidation sites excluding steroid dienone is 4. The molecular weight excluding hydrogens is 458 g/mol. The first kappa shape index (κ1) is 23.6. The fourth-order valence-electron chi connectivity index (χ4n) is 5.64. The van der Waals surface area contributed by atoms with Gasteiger partial charge in [0.2, 0.25) is 0 Å². The smallest absolute Gasteiger partial charge is 0.165 e. The molecule has 7 nitrogen and oxygen atoms in total. The summed E-state index contributed by atoms with van der Waals surface area (Å²) in [5.74, 6) is 1.19. The van der Waals surface area contributed by atoms with Gasteiger partial charge < -0.3 is 11.1 Å². The van der Waals surface area contributed by atoms with Crippen molar-refractivity contribution in [3.63, 3.8) is 0 Å². The van der Waals surface area contributed by atoms with Crippen molar-refractivity contribution in [1.29, 1.82) is 0 Å². The zero-order valence-electron chi connectivity index (χ0n) is 21.4. The molecule has 0 saturated carbocycles.